The van der Waals surface area contributed by atoms with Crippen molar-refractivity contribution in [2.45, 2.75) is 44.2 Å². The summed E-state index contributed by atoms with van der Waals surface area (Å²) in [6.45, 7) is 4.13. The molecule has 2 heterocycles. The minimum absolute atomic E-state index is 0.276. The highest BCUT2D eigenvalue weighted by Gasteiger charge is 2.21. The third-order valence-electron chi connectivity index (χ3n) is 5.14. The van der Waals surface area contributed by atoms with E-state index in [4.69, 9.17) is 4.74 Å². The molecule has 0 atom stereocenters. The van der Waals surface area contributed by atoms with Crippen LogP contribution in [0.15, 0.2) is 47.8 Å². The van der Waals surface area contributed by atoms with Crippen molar-refractivity contribution in [2.24, 2.45) is 0 Å². The second-order valence-corrected chi connectivity index (χ2v) is 8.28. The molecule has 2 amide bonds. The van der Waals surface area contributed by atoms with Gasteiger partial charge in [-0.15, -0.1) is 0 Å². The highest BCUT2D eigenvalue weighted by atomic mass is 32.2. The molecule has 4 rings (SSSR count). The van der Waals surface area contributed by atoms with Crippen molar-refractivity contribution in [1.82, 2.24) is 19.5 Å². The molecule has 30 heavy (non-hydrogen) atoms. The number of carbonyl (C=O) groups excluding carboxylic acids is 1. The first kappa shape index (κ1) is 20.3. The number of carbonyl (C=O) groups is 1. The molecule has 0 spiro atoms. The summed E-state index contributed by atoms with van der Waals surface area (Å²) in [5, 5.41) is 8.27. The number of benzene rings is 1. The van der Waals surface area contributed by atoms with Crippen molar-refractivity contribution in [3.8, 4) is 17.0 Å². The molecule has 0 bridgehead atoms. The van der Waals surface area contributed by atoms with E-state index in [1.807, 2.05) is 29.1 Å². The molecule has 1 aromatic carbocycles. The van der Waals surface area contributed by atoms with Crippen LogP contribution < -0.4 is 14.8 Å². The van der Waals surface area contributed by atoms with Crippen LogP contribution in [0, 0.1) is 0 Å². The molecule has 8 heteroatoms. The summed E-state index contributed by atoms with van der Waals surface area (Å²) >= 11 is 1.20. The Balaban J connectivity index is 1.56. The van der Waals surface area contributed by atoms with Gasteiger partial charge in [-0.3, -0.25) is 9.40 Å². The summed E-state index contributed by atoms with van der Waals surface area (Å²) in [6.07, 6.45) is 6.70. The number of anilines is 1. The number of rotatable bonds is 6. The molecule has 0 fully saturated rings. The van der Waals surface area contributed by atoms with Crippen molar-refractivity contribution in [3.05, 3.63) is 53.9 Å². The Kier molecular flexibility index (Phi) is 5.94. The molecule has 2 N–H and O–H groups in total. The number of pyridine rings is 1. The summed E-state index contributed by atoms with van der Waals surface area (Å²) in [7, 11) is 1.60. The summed E-state index contributed by atoms with van der Waals surface area (Å²) in [4.78, 5) is 16.9. The van der Waals surface area contributed by atoms with Gasteiger partial charge in [0.25, 0.3) is 0 Å². The second-order valence-electron chi connectivity index (χ2n) is 7.45. The van der Waals surface area contributed by atoms with E-state index in [1.165, 1.54) is 23.1 Å². The fourth-order valence-corrected chi connectivity index (χ4v) is 4.15. The van der Waals surface area contributed by atoms with E-state index in [-0.39, 0.29) is 12.1 Å². The number of urea groups is 1. The molecule has 0 saturated carbocycles. The maximum atomic E-state index is 12.7. The Morgan fingerprint density at radius 1 is 1.23 bits per heavy atom. The van der Waals surface area contributed by atoms with Crippen LogP contribution in [0.2, 0.25) is 0 Å². The zero-order valence-corrected chi connectivity index (χ0v) is 18.1. The zero-order valence-electron chi connectivity index (χ0n) is 17.3. The maximum absolute atomic E-state index is 12.7. The number of ether oxygens (including phenoxy) is 1. The quantitative estimate of drug-likeness (QED) is 0.554. The number of hydrogen-bond donors (Lipinski definition) is 2. The number of methoxy groups -OCH3 is 1. The van der Waals surface area contributed by atoms with Crippen LogP contribution in [-0.4, -0.2) is 27.9 Å². The van der Waals surface area contributed by atoms with E-state index in [0.29, 0.717) is 5.88 Å². The van der Waals surface area contributed by atoms with Gasteiger partial charge in [0.05, 0.1) is 12.8 Å². The molecule has 2 aromatic heterocycles. The first-order valence-corrected chi connectivity index (χ1v) is 10.8. The first-order chi connectivity index (χ1) is 14.5. The van der Waals surface area contributed by atoms with Gasteiger partial charge < -0.3 is 10.1 Å². The van der Waals surface area contributed by atoms with Crippen LogP contribution in [-0.2, 0) is 12.8 Å². The molecule has 3 aromatic rings. The number of nitrogens with one attached hydrogen (secondary N) is 2. The zero-order chi connectivity index (χ0) is 21.1. The van der Waals surface area contributed by atoms with E-state index < -0.39 is 0 Å². The number of amides is 2. The molecule has 0 saturated heterocycles. The summed E-state index contributed by atoms with van der Waals surface area (Å²) in [6, 6.07) is 9.91. The van der Waals surface area contributed by atoms with E-state index in [2.05, 4.69) is 46.1 Å². The predicted octanol–water partition coefficient (Wildman–Crippen LogP) is 4.85. The lowest BCUT2D eigenvalue weighted by Gasteiger charge is -2.16. The van der Waals surface area contributed by atoms with Crippen LogP contribution in [0.5, 0.6) is 5.88 Å². The molecule has 1 aliphatic carbocycles. The summed E-state index contributed by atoms with van der Waals surface area (Å²) in [5.41, 5.74) is 5.26. The Labute approximate surface area is 180 Å². The van der Waals surface area contributed by atoms with Crippen molar-refractivity contribution >= 4 is 23.7 Å². The molecule has 0 unspecified atom stereocenters. The Hall–Kier alpha value is -3.00. The molecular weight excluding hydrogens is 398 g/mol. The van der Waals surface area contributed by atoms with Crippen LogP contribution >= 0.6 is 11.9 Å². The number of fused-ring (bicyclic) bond motifs is 1. The van der Waals surface area contributed by atoms with Gasteiger partial charge in [-0.25, -0.2) is 9.78 Å². The van der Waals surface area contributed by atoms with Crippen molar-refractivity contribution in [3.63, 3.8) is 0 Å². The van der Waals surface area contributed by atoms with Gasteiger partial charge in [-0.2, -0.15) is 5.10 Å². The number of hydrogen-bond acceptors (Lipinski definition) is 5. The van der Waals surface area contributed by atoms with Crippen molar-refractivity contribution in [2.75, 3.05) is 12.4 Å². The Morgan fingerprint density at radius 2 is 2.10 bits per heavy atom. The van der Waals surface area contributed by atoms with Gasteiger partial charge in [-0.1, -0.05) is 12.1 Å². The molecule has 0 radical (unpaired) electrons. The van der Waals surface area contributed by atoms with Crippen LogP contribution in [0.1, 0.15) is 37.4 Å². The normalized spacial score (nSPS) is 12.7. The minimum Gasteiger partial charge on any atom is -0.481 e. The number of aryl methyl sites for hydroxylation is 1. The van der Waals surface area contributed by atoms with Gasteiger partial charge in [0.1, 0.15) is 5.03 Å². The largest absolute Gasteiger partial charge is 0.481 e. The van der Waals surface area contributed by atoms with E-state index in [0.717, 1.165) is 41.1 Å². The van der Waals surface area contributed by atoms with Crippen LogP contribution in [0.25, 0.3) is 11.1 Å². The number of aromatic nitrogens is 3. The minimum atomic E-state index is -0.276. The molecule has 156 valence electrons. The lowest BCUT2D eigenvalue weighted by atomic mass is 9.98. The van der Waals surface area contributed by atoms with Crippen molar-refractivity contribution < 1.29 is 9.53 Å². The average molecular weight is 424 g/mol. The fraction of sp³-hybridized carbons (Fsp3) is 0.318. The van der Waals surface area contributed by atoms with Crippen LogP contribution in [0.4, 0.5) is 10.5 Å². The standard InChI is InChI=1S/C22H25N5O2S/c1-14(2)27-12-10-20(25-27)30-26-22(28)24-21-17-6-4-5-15(17)7-8-18(21)16-9-11-23-19(13-16)29-3/h7-14H,4-6H2,1-3H3,(H2,24,26,28). The highest BCUT2D eigenvalue weighted by molar-refractivity contribution is 7.97. The molecular formula is C22H25N5O2S. The lowest BCUT2D eigenvalue weighted by molar-refractivity contribution is 0.257. The molecule has 1 aliphatic rings. The van der Waals surface area contributed by atoms with Gasteiger partial charge in [0.2, 0.25) is 5.88 Å². The topological polar surface area (TPSA) is 81.1 Å². The van der Waals surface area contributed by atoms with E-state index in [9.17, 15) is 4.79 Å². The number of nitrogens with zero attached hydrogens (tertiary/aromatic N) is 3. The van der Waals surface area contributed by atoms with Crippen molar-refractivity contribution in [1.29, 1.82) is 0 Å². The van der Waals surface area contributed by atoms with E-state index in [1.54, 1.807) is 13.3 Å². The second kappa shape index (κ2) is 8.79. The molecule has 0 aliphatic heterocycles. The average Bonchev–Trinajstić information content (AvgIpc) is 3.42. The van der Waals surface area contributed by atoms with Gasteiger partial charge in [0.15, 0.2) is 0 Å². The Bertz CT molecular complexity index is 1060. The third-order valence-corrected chi connectivity index (χ3v) is 5.85. The maximum Gasteiger partial charge on any atom is 0.329 e. The van der Waals surface area contributed by atoms with Gasteiger partial charge >= 0.3 is 6.03 Å². The van der Waals surface area contributed by atoms with Gasteiger partial charge in [0, 0.05) is 42.0 Å². The van der Waals surface area contributed by atoms with Crippen LogP contribution in [0.3, 0.4) is 0 Å². The SMILES string of the molecule is COc1cc(-c2ccc3c(c2NC(=O)NSc2ccn(C(C)C)n2)CCC3)ccn1. The molecule has 7 nitrogen and oxygen atoms in total. The Morgan fingerprint density at radius 3 is 2.87 bits per heavy atom. The summed E-state index contributed by atoms with van der Waals surface area (Å²) < 4.78 is 9.98. The van der Waals surface area contributed by atoms with Gasteiger partial charge in [-0.05, 0) is 61.9 Å². The first-order valence-electron chi connectivity index (χ1n) is 9.99. The van der Waals surface area contributed by atoms with E-state index >= 15 is 0 Å². The lowest BCUT2D eigenvalue weighted by Crippen LogP contribution is -2.24. The monoisotopic (exact) mass is 423 g/mol. The highest BCUT2D eigenvalue weighted by Crippen LogP contribution is 2.38. The fourth-order valence-electron chi connectivity index (χ4n) is 3.64. The summed E-state index contributed by atoms with van der Waals surface area (Å²) in [5.74, 6) is 0.541. The third kappa shape index (κ3) is 4.28. The predicted molar refractivity (Wildman–Crippen MR) is 119 cm³/mol. The smallest absolute Gasteiger partial charge is 0.329 e.